The maximum absolute atomic E-state index is 13.9. The number of ether oxygens (including phenoxy) is 6. The molecule has 3 fully saturated rings. The number of aliphatic hydroxyl groups excluding tert-OH is 1. The number of carbonyl (C=O) groups excluding carboxylic acids is 4. The van der Waals surface area contributed by atoms with Crippen molar-refractivity contribution >= 4 is 29.3 Å². The Bertz CT molecular complexity index is 1900. The summed E-state index contributed by atoms with van der Waals surface area (Å²) in [6.07, 6.45) is -5.31. The van der Waals surface area contributed by atoms with Crippen molar-refractivity contribution in [2.45, 2.75) is 146 Å². The first kappa shape index (κ1) is 39.2. The number of carboxylic acid groups (broad SMARTS) is 1. The summed E-state index contributed by atoms with van der Waals surface area (Å²) in [6, 6.07) is 5.99. The summed E-state index contributed by atoms with van der Waals surface area (Å²) in [6.45, 7) is 6.79. The number of phenolic OH excluding ortho intramolecular Hbond substituents is 1. The van der Waals surface area contributed by atoms with E-state index in [1.165, 1.54) is 18.2 Å². The van der Waals surface area contributed by atoms with Gasteiger partial charge in [0, 0.05) is 59.9 Å². The predicted molar refractivity (Wildman–Crippen MR) is 188 cm³/mol. The summed E-state index contributed by atoms with van der Waals surface area (Å²) in [5.74, 6) is -4.11. The van der Waals surface area contributed by atoms with Gasteiger partial charge in [0.25, 0.3) is 0 Å². The van der Waals surface area contributed by atoms with Crippen LogP contribution in [0, 0.1) is 0 Å². The fourth-order valence-electron chi connectivity index (χ4n) is 8.50. The lowest BCUT2D eigenvalue weighted by Crippen LogP contribution is -2.50. The van der Waals surface area contributed by atoms with Gasteiger partial charge >= 0.3 is 11.9 Å². The van der Waals surface area contributed by atoms with Crippen molar-refractivity contribution in [3.63, 3.8) is 0 Å². The van der Waals surface area contributed by atoms with Crippen LogP contribution >= 0.6 is 0 Å². The molecule has 7 rings (SSSR count). The Labute approximate surface area is 316 Å². The van der Waals surface area contributed by atoms with Gasteiger partial charge in [-0.15, -0.1) is 0 Å². The SMILES string of the molecule is CC1OC(OC2CCC(OC3CC(c4ccc5c(c4O)C(=O)c4ccc6c(c4C5=O)C(=O)CC(C)(O)C6)OC(C)C3O)OC2C)CCC1OC(=O)CC(=O)O. The Kier molecular flexibility index (Phi) is 10.8. The monoisotopic (exact) mass is 766 g/mol. The molecule has 15 nitrogen and oxygen atoms in total. The van der Waals surface area contributed by atoms with Crippen LogP contribution in [0.5, 0.6) is 5.75 Å². The molecule has 0 radical (unpaired) electrons. The Hall–Kier alpha value is -4.09. The molecule has 0 saturated carbocycles. The topological polar surface area (TPSA) is 222 Å². The van der Waals surface area contributed by atoms with Crippen LogP contribution in [0.3, 0.4) is 0 Å². The second kappa shape index (κ2) is 15.1. The smallest absolute Gasteiger partial charge is 0.317 e. The van der Waals surface area contributed by atoms with E-state index >= 15 is 0 Å². The van der Waals surface area contributed by atoms with Crippen LogP contribution in [0.1, 0.15) is 132 Å². The minimum atomic E-state index is -1.26. The largest absolute Gasteiger partial charge is 0.507 e. The molecule has 3 aliphatic heterocycles. The fraction of sp³-hybridized carbons (Fsp3) is 0.575. The van der Waals surface area contributed by atoms with Crippen molar-refractivity contribution in [1.82, 2.24) is 0 Å². The summed E-state index contributed by atoms with van der Waals surface area (Å²) in [4.78, 5) is 63.5. The first-order valence-electron chi connectivity index (χ1n) is 18.7. The zero-order chi connectivity index (χ0) is 39.5. The lowest BCUT2D eigenvalue weighted by Gasteiger charge is -2.43. The van der Waals surface area contributed by atoms with E-state index in [0.29, 0.717) is 31.2 Å². The number of hydrogen-bond donors (Lipinski definition) is 4. The number of carboxylic acids is 1. The molecule has 15 heteroatoms. The number of ketones is 3. The molecule has 0 spiro atoms. The summed E-state index contributed by atoms with van der Waals surface area (Å²) >= 11 is 0. The number of hydrogen-bond acceptors (Lipinski definition) is 14. The minimum absolute atomic E-state index is 0.00579. The third-order valence-corrected chi connectivity index (χ3v) is 11.3. The lowest BCUT2D eigenvalue weighted by atomic mass is 9.73. The molecule has 0 aromatic heterocycles. The summed E-state index contributed by atoms with van der Waals surface area (Å²) in [5, 5.41) is 42.0. The van der Waals surface area contributed by atoms with Gasteiger partial charge in [-0.1, -0.05) is 12.1 Å². The Morgan fingerprint density at radius 1 is 0.782 bits per heavy atom. The van der Waals surface area contributed by atoms with Gasteiger partial charge in [0.05, 0.1) is 47.8 Å². The molecule has 3 saturated heterocycles. The molecule has 2 aromatic rings. The van der Waals surface area contributed by atoms with E-state index in [4.69, 9.17) is 33.5 Å². The molecule has 11 unspecified atom stereocenters. The average molecular weight is 767 g/mol. The van der Waals surface area contributed by atoms with E-state index in [9.17, 15) is 39.3 Å². The van der Waals surface area contributed by atoms with E-state index in [0.717, 1.165) is 0 Å². The molecule has 0 bridgehead atoms. The van der Waals surface area contributed by atoms with E-state index in [2.05, 4.69) is 0 Å². The zero-order valence-corrected chi connectivity index (χ0v) is 31.0. The average Bonchev–Trinajstić information content (AvgIpc) is 3.10. The minimum Gasteiger partial charge on any atom is -0.507 e. The van der Waals surface area contributed by atoms with Crippen LogP contribution in [0.15, 0.2) is 24.3 Å². The Morgan fingerprint density at radius 3 is 2.04 bits per heavy atom. The highest BCUT2D eigenvalue weighted by molar-refractivity contribution is 6.32. The number of phenols is 1. The maximum atomic E-state index is 13.9. The van der Waals surface area contributed by atoms with Crippen molar-refractivity contribution in [3.05, 3.63) is 63.2 Å². The summed E-state index contributed by atoms with van der Waals surface area (Å²) in [5.41, 5.74) is -0.629. The van der Waals surface area contributed by atoms with Gasteiger partial charge in [-0.05, 0) is 58.2 Å². The highest BCUT2D eigenvalue weighted by atomic mass is 16.7. The molecule has 3 heterocycles. The standard InChI is InChI=1S/C40H46O15/c1-17-25(53-30(44)14-29(42)43)9-11-31(51-17)54-26-10-12-32(52-18(26)2)55-28-13-27(50-19(3)36(28)45)21-7-8-23-35(37(21)46)39(48)22-6-5-20-15-40(4,49)16-24(41)33(20)34(22)38(23)47/h5-8,17-19,25-28,31-32,36,45-46,49H,9-16H2,1-4H3,(H,42,43). The van der Waals surface area contributed by atoms with Crippen LogP contribution in [0.25, 0.3) is 0 Å². The zero-order valence-electron chi connectivity index (χ0n) is 31.0. The van der Waals surface area contributed by atoms with Gasteiger partial charge in [-0.2, -0.15) is 0 Å². The van der Waals surface area contributed by atoms with Crippen LogP contribution in [0.2, 0.25) is 0 Å². The second-order valence-corrected chi connectivity index (χ2v) is 15.6. The highest BCUT2D eigenvalue weighted by Crippen LogP contribution is 2.44. The van der Waals surface area contributed by atoms with Gasteiger partial charge in [0.2, 0.25) is 0 Å². The van der Waals surface area contributed by atoms with Crippen LogP contribution in [-0.2, 0) is 44.4 Å². The number of aliphatic carboxylic acids is 1. The molecule has 2 aliphatic carbocycles. The van der Waals surface area contributed by atoms with Crippen LogP contribution < -0.4 is 0 Å². The Morgan fingerprint density at radius 2 is 1.38 bits per heavy atom. The third kappa shape index (κ3) is 7.71. The van der Waals surface area contributed by atoms with Crippen molar-refractivity contribution in [2.24, 2.45) is 0 Å². The quantitative estimate of drug-likeness (QED) is 0.190. The number of esters is 1. The van der Waals surface area contributed by atoms with Crippen molar-refractivity contribution < 1.29 is 72.8 Å². The van der Waals surface area contributed by atoms with Gasteiger partial charge in [-0.3, -0.25) is 24.0 Å². The van der Waals surface area contributed by atoms with Crippen LogP contribution in [0.4, 0.5) is 0 Å². The Balaban J connectivity index is 0.996. The normalized spacial score (nSPS) is 34.7. The van der Waals surface area contributed by atoms with Gasteiger partial charge < -0.3 is 48.8 Å². The number of carbonyl (C=O) groups is 5. The molecule has 55 heavy (non-hydrogen) atoms. The molecule has 2 aromatic carbocycles. The van der Waals surface area contributed by atoms with Crippen LogP contribution in [-0.4, -0.2) is 111 Å². The molecule has 0 amide bonds. The van der Waals surface area contributed by atoms with Crippen molar-refractivity contribution in [1.29, 1.82) is 0 Å². The van der Waals surface area contributed by atoms with E-state index in [-0.39, 0.29) is 58.7 Å². The molecular weight excluding hydrogens is 720 g/mol. The van der Waals surface area contributed by atoms with Gasteiger partial charge in [0.1, 0.15) is 24.4 Å². The number of benzene rings is 2. The molecule has 11 atom stereocenters. The van der Waals surface area contributed by atoms with Gasteiger partial charge in [-0.25, -0.2) is 0 Å². The van der Waals surface area contributed by atoms with Crippen molar-refractivity contribution in [2.75, 3.05) is 0 Å². The first-order chi connectivity index (χ1) is 26.0. The lowest BCUT2D eigenvalue weighted by molar-refractivity contribution is -0.300. The number of Topliss-reactive ketones (excluding diaryl/α,β-unsaturated/α-hetero) is 1. The number of aromatic hydroxyl groups is 1. The van der Waals surface area contributed by atoms with Gasteiger partial charge in [0.15, 0.2) is 29.9 Å². The van der Waals surface area contributed by atoms with E-state index < -0.39 is 102 Å². The molecular formula is C40H46O15. The van der Waals surface area contributed by atoms with Crippen molar-refractivity contribution in [3.8, 4) is 5.75 Å². The summed E-state index contributed by atoms with van der Waals surface area (Å²) in [7, 11) is 0. The first-order valence-corrected chi connectivity index (χ1v) is 18.7. The predicted octanol–water partition coefficient (Wildman–Crippen LogP) is 3.47. The van der Waals surface area contributed by atoms with E-state index in [1.807, 2.05) is 6.92 Å². The third-order valence-electron chi connectivity index (χ3n) is 11.3. The number of fused-ring (bicyclic) bond motifs is 4. The highest BCUT2D eigenvalue weighted by Gasteiger charge is 2.45. The molecule has 4 N–H and O–H groups in total. The summed E-state index contributed by atoms with van der Waals surface area (Å²) < 4.78 is 36.0. The maximum Gasteiger partial charge on any atom is 0.317 e. The molecule has 5 aliphatic rings. The number of aliphatic hydroxyl groups is 2. The fourth-order valence-corrected chi connectivity index (χ4v) is 8.50. The second-order valence-electron chi connectivity index (χ2n) is 15.6. The van der Waals surface area contributed by atoms with E-state index in [1.54, 1.807) is 26.8 Å². The number of rotatable bonds is 8. The molecule has 296 valence electrons.